The van der Waals surface area contributed by atoms with Crippen LogP contribution in [-0.2, 0) is 13.1 Å². The second-order valence-electron chi connectivity index (χ2n) is 8.64. The van der Waals surface area contributed by atoms with Gasteiger partial charge in [0.25, 0.3) is 0 Å². The summed E-state index contributed by atoms with van der Waals surface area (Å²) in [6.45, 7) is 5.79. The number of para-hydroxylation sites is 1. The third-order valence-electron chi connectivity index (χ3n) is 6.03. The van der Waals surface area contributed by atoms with Crippen molar-refractivity contribution < 1.29 is 19.3 Å². The molecule has 0 amide bonds. The SMILES string of the molecule is COc1cc(CN2CCC[C@@](O)(COc3ccccc3)C2)ccc1OCCn1ccnc1C. The lowest BCUT2D eigenvalue weighted by atomic mass is 9.93. The van der Waals surface area contributed by atoms with Crippen LogP contribution in [0.5, 0.6) is 17.2 Å². The smallest absolute Gasteiger partial charge is 0.161 e. The number of rotatable bonds is 10. The number of β-amino-alcohol motifs (C(OH)–C–C–N with tert-alkyl or cyclic N) is 1. The molecule has 7 nitrogen and oxygen atoms in total. The van der Waals surface area contributed by atoms with Crippen molar-refractivity contribution in [1.29, 1.82) is 0 Å². The van der Waals surface area contributed by atoms with E-state index in [9.17, 15) is 5.11 Å². The number of aryl methyl sites for hydroxylation is 1. The number of benzene rings is 2. The highest BCUT2D eigenvalue weighted by atomic mass is 16.5. The quantitative estimate of drug-likeness (QED) is 0.507. The zero-order chi connectivity index (χ0) is 23.1. The molecule has 0 unspecified atom stereocenters. The van der Waals surface area contributed by atoms with Crippen molar-refractivity contribution in [2.75, 3.05) is 33.4 Å². The largest absolute Gasteiger partial charge is 0.493 e. The molecule has 0 radical (unpaired) electrons. The number of methoxy groups -OCH3 is 1. The summed E-state index contributed by atoms with van der Waals surface area (Å²) in [4.78, 5) is 6.51. The zero-order valence-corrected chi connectivity index (χ0v) is 19.4. The van der Waals surface area contributed by atoms with Crippen molar-refractivity contribution >= 4 is 0 Å². The second-order valence-corrected chi connectivity index (χ2v) is 8.64. The van der Waals surface area contributed by atoms with Crippen LogP contribution in [-0.4, -0.2) is 58.6 Å². The van der Waals surface area contributed by atoms with Crippen LogP contribution in [0, 0.1) is 6.92 Å². The van der Waals surface area contributed by atoms with Gasteiger partial charge in [0.1, 0.15) is 30.4 Å². The van der Waals surface area contributed by atoms with E-state index in [1.807, 2.05) is 55.6 Å². The van der Waals surface area contributed by atoms with Crippen LogP contribution in [0.4, 0.5) is 0 Å². The Kier molecular flexibility index (Phi) is 7.52. The molecule has 2 heterocycles. The Morgan fingerprint density at radius 3 is 2.70 bits per heavy atom. The van der Waals surface area contributed by atoms with Gasteiger partial charge in [-0.1, -0.05) is 24.3 Å². The number of hydrogen-bond donors (Lipinski definition) is 1. The number of nitrogens with zero attached hydrogens (tertiary/aromatic N) is 3. The van der Waals surface area contributed by atoms with Crippen LogP contribution in [0.2, 0.25) is 0 Å². The lowest BCUT2D eigenvalue weighted by Crippen LogP contribution is -2.51. The van der Waals surface area contributed by atoms with Gasteiger partial charge in [0.05, 0.1) is 13.7 Å². The molecule has 0 aliphatic carbocycles. The molecular formula is C26H33N3O4. The number of aromatic nitrogens is 2. The standard InChI is InChI=1S/C26H33N3O4/c1-21-27-12-14-29(21)15-16-32-24-10-9-22(17-25(24)31-2)18-28-13-6-11-26(30,19-28)20-33-23-7-4-3-5-8-23/h3-5,7-10,12,14,17,30H,6,11,13,15-16,18-20H2,1-2H3/t26-/m0/s1. The van der Waals surface area contributed by atoms with Crippen molar-refractivity contribution in [3.05, 3.63) is 72.3 Å². The summed E-state index contributed by atoms with van der Waals surface area (Å²) in [5, 5.41) is 11.1. The fourth-order valence-electron chi connectivity index (χ4n) is 4.28. The first-order chi connectivity index (χ1) is 16.0. The first-order valence-corrected chi connectivity index (χ1v) is 11.4. The summed E-state index contributed by atoms with van der Waals surface area (Å²) in [6.07, 6.45) is 5.41. The summed E-state index contributed by atoms with van der Waals surface area (Å²) >= 11 is 0. The van der Waals surface area contributed by atoms with E-state index in [2.05, 4.69) is 20.5 Å². The summed E-state index contributed by atoms with van der Waals surface area (Å²) < 4.78 is 19.5. The van der Waals surface area contributed by atoms with E-state index in [0.29, 0.717) is 19.8 Å². The third kappa shape index (κ3) is 6.27. The summed E-state index contributed by atoms with van der Waals surface area (Å²) in [6, 6.07) is 15.7. The van der Waals surface area contributed by atoms with Crippen molar-refractivity contribution in [3.63, 3.8) is 0 Å². The second kappa shape index (κ2) is 10.7. The number of imidazole rings is 1. The van der Waals surface area contributed by atoms with Gasteiger partial charge in [-0.05, 0) is 56.1 Å². The van der Waals surface area contributed by atoms with Crippen LogP contribution >= 0.6 is 0 Å². The highest BCUT2D eigenvalue weighted by molar-refractivity contribution is 5.43. The molecule has 0 bridgehead atoms. The first kappa shape index (κ1) is 23.1. The monoisotopic (exact) mass is 451 g/mol. The molecule has 2 aromatic carbocycles. The Hall–Kier alpha value is -3.03. The fourth-order valence-corrected chi connectivity index (χ4v) is 4.28. The molecule has 1 N–H and O–H groups in total. The van der Waals surface area contributed by atoms with Crippen LogP contribution in [0.3, 0.4) is 0 Å². The van der Waals surface area contributed by atoms with Crippen LogP contribution in [0.15, 0.2) is 60.9 Å². The maximum Gasteiger partial charge on any atom is 0.161 e. The first-order valence-electron chi connectivity index (χ1n) is 11.4. The predicted octanol–water partition coefficient (Wildman–Crippen LogP) is 3.69. The van der Waals surface area contributed by atoms with Gasteiger partial charge in [0.15, 0.2) is 11.5 Å². The van der Waals surface area contributed by atoms with Crippen molar-refractivity contribution in [1.82, 2.24) is 14.5 Å². The lowest BCUT2D eigenvalue weighted by Gasteiger charge is -2.39. The zero-order valence-electron chi connectivity index (χ0n) is 19.4. The Labute approximate surface area is 195 Å². The number of likely N-dealkylation sites (tertiary alicyclic amines) is 1. The maximum atomic E-state index is 11.1. The Bertz CT molecular complexity index is 1020. The lowest BCUT2D eigenvalue weighted by molar-refractivity contribution is -0.0621. The minimum Gasteiger partial charge on any atom is -0.493 e. The minimum absolute atomic E-state index is 0.292. The normalized spacial score (nSPS) is 18.8. The maximum absolute atomic E-state index is 11.1. The molecule has 1 aliphatic heterocycles. The average Bonchev–Trinajstić information content (AvgIpc) is 3.24. The van der Waals surface area contributed by atoms with E-state index < -0.39 is 5.60 Å². The molecule has 1 aromatic heterocycles. The fraction of sp³-hybridized carbons (Fsp3) is 0.423. The molecule has 0 saturated carbocycles. The third-order valence-corrected chi connectivity index (χ3v) is 6.03. The van der Waals surface area contributed by atoms with E-state index in [-0.39, 0.29) is 0 Å². The predicted molar refractivity (Wildman–Crippen MR) is 127 cm³/mol. The van der Waals surface area contributed by atoms with E-state index >= 15 is 0 Å². The van der Waals surface area contributed by atoms with Crippen LogP contribution in [0.1, 0.15) is 24.2 Å². The molecule has 0 spiro atoms. The Morgan fingerprint density at radius 1 is 1.09 bits per heavy atom. The Balaban J connectivity index is 1.32. The molecule has 33 heavy (non-hydrogen) atoms. The van der Waals surface area contributed by atoms with Gasteiger partial charge in [0, 0.05) is 25.5 Å². The van der Waals surface area contributed by atoms with Gasteiger partial charge in [-0.2, -0.15) is 0 Å². The minimum atomic E-state index is -0.854. The summed E-state index contributed by atoms with van der Waals surface area (Å²) in [7, 11) is 1.66. The number of ether oxygens (including phenoxy) is 3. The molecule has 3 aromatic rings. The number of aliphatic hydroxyl groups is 1. The van der Waals surface area contributed by atoms with Crippen LogP contribution < -0.4 is 14.2 Å². The van der Waals surface area contributed by atoms with Gasteiger partial charge < -0.3 is 23.9 Å². The van der Waals surface area contributed by atoms with Gasteiger partial charge in [-0.3, -0.25) is 4.90 Å². The summed E-state index contributed by atoms with van der Waals surface area (Å²) in [5.41, 5.74) is 0.269. The number of piperidine rings is 1. The highest BCUT2D eigenvalue weighted by Crippen LogP contribution is 2.30. The average molecular weight is 452 g/mol. The van der Waals surface area contributed by atoms with Crippen molar-refractivity contribution in [2.45, 2.75) is 38.5 Å². The van der Waals surface area contributed by atoms with E-state index in [4.69, 9.17) is 14.2 Å². The molecular weight excluding hydrogens is 418 g/mol. The molecule has 7 heteroatoms. The molecule has 1 aliphatic rings. The van der Waals surface area contributed by atoms with E-state index in [1.54, 1.807) is 13.3 Å². The highest BCUT2D eigenvalue weighted by Gasteiger charge is 2.34. The van der Waals surface area contributed by atoms with Gasteiger partial charge >= 0.3 is 0 Å². The number of hydrogen-bond acceptors (Lipinski definition) is 6. The van der Waals surface area contributed by atoms with E-state index in [1.165, 1.54) is 0 Å². The molecule has 1 saturated heterocycles. The molecule has 1 atom stereocenters. The molecule has 4 rings (SSSR count). The van der Waals surface area contributed by atoms with Gasteiger partial charge in [-0.15, -0.1) is 0 Å². The van der Waals surface area contributed by atoms with Gasteiger partial charge in [-0.25, -0.2) is 4.98 Å². The Morgan fingerprint density at radius 2 is 1.94 bits per heavy atom. The molecule has 176 valence electrons. The topological polar surface area (TPSA) is 69.0 Å². The molecule has 1 fully saturated rings. The van der Waals surface area contributed by atoms with Crippen molar-refractivity contribution in [3.8, 4) is 17.2 Å². The summed E-state index contributed by atoms with van der Waals surface area (Å²) in [5.74, 6) is 3.20. The van der Waals surface area contributed by atoms with Gasteiger partial charge in [0.2, 0.25) is 0 Å². The van der Waals surface area contributed by atoms with E-state index in [0.717, 1.165) is 61.1 Å². The van der Waals surface area contributed by atoms with Crippen LogP contribution in [0.25, 0.3) is 0 Å². The van der Waals surface area contributed by atoms with Crippen molar-refractivity contribution in [2.24, 2.45) is 0 Å².